The lowest BCUT2D eigenvalue weighted by atomic mass is 9.98. The Kier molecular flexibility index (Phi) is 10.8. The fraction of sp³-hybridized carbons (Fsp3) is 0.300. The molecule has 16 nitrogen and oxygen atoms in total. The first kappa shape index (κ1) is 38.4. The van der Waals surface area contributed by atoms with Crippen LogP contribution in [0.4, 0.5) is 0 Å². The van der Waals surface area contributed by atoms with Gasteiger partial charge in [-0.3, -0.25) is 24.2 Å². The van der Waals surface area contributed by atoms with Gasteiger partial charge in [0.1, 0.15) is 35.6 Å². The van der Waals surface area contributed by atoms with Crippen LogP contribution < -0.4 is 15.5 Å². The molecular formula is C40H39N3O13. The maximum atomic E-state index is 13.4. The highest BCUT2D eigenvalue weighted by Crippen LogP contribution is 2.40. The van der Waals surface area contributed by atoms with Crippen LogP contribution in [0.1, 0.15) is 16.7 Å². The lowest BCUT2D eigenvalue weighted by Gasteiger charge is -2.44. The molecule has 1 aromatic heterocycles. The topological polar surface area (TPSA) is 230 Å². The number of ether oxygens (including phenoxy) is 3. The fourth-order valence-corrected chi connectivity index (χ4v) is 6.89. The number of allylic oxidation sites excluding steroid dienone is 1. The van der Waals surface area contributed by atoms with Gasteiger partial charge < -0.3 is 49.5 Å². The first-order valence-corrected chi connectivity index (χ1v) is 17.6. The molecule has 4 heterocycles. The number of carboxylic acid groups (broad SMARTS) is 1. The molecule has 1 fully saturated rings. The molecule has 3 aromatic carbocycles. The number of fused-ring (bicyclic) bond motifs is 2. The molecule has 56 heavy (non-hydrogen) atoms. The average molecular weight is 770 g/mol. The Morgan fingerprint density at radius 3 is 2.45 bits per heavy atom. The van der Waals surface area contributed by atoms with Crippen molar-refractivity contribution in [1.82, 2.24) is 10.4 Å². The zero-order valence-corrected chi connectivity index (χ0v) is 30.4. The largest absolute Gasteiger partial charge is 0.508 e. The van der Waals surface area contributed by atoms with E-state index in [1.165, 1.54) is 48.7 Å². The molecule has 7 atom stereocenters. The Hall–Kier alpha value is -5.88. The third kappa shape index (κ3) is 7.53. The Morgan fingerprint density at radius 2 is 1.75 bits per heavy atom. The second kappa shape index (κ2) is 15.7. The van der Waals surface area contributed by atoms with Crippen LogP contribution in [0.15, 0.2) is 98.5 Å². The minimum atomic E-state index is -2.26. The Bertz CT molecular complexity index is 2300. The number of carbonyl (C=O) groups is 2. The highest BCUT2D eigenvalue weighted by atomic mass is 16.8. The van der Waals surface area contributed by atoms with Gasteiger partial charge in [0.15, 0.2) is 23.6 Å². The van der Waals surface area contributed by atoms with Crippen LogP contribution in [0.5, 0.6) is 11.5 Å². The molecule has 0 bridgehead atoms. The summed E-state index contributed by atoms with van der Waals surface area (Å²) in [5.74, 6) is -4.44. The van der Waals surface area contributed by atoms with Crippen molar-refractivity contribution in [3.05, 3.63) is 111 Å². The van der Waals surface area contributed by atoms with E-state index in [-0.39, 0.29) is 46.6 Å². The summed E-state index contributed by atoms with van der Waals surface area (Å²) in [5, 5.41) is 57.4. The molecule has 3 aliphatic heterocycles. The summed E-state index contributed by atoms with van der Waals surface area (Å²) < 4.78 is 23.0. The van der Waals surface area contributed by atoms with Gasteiger partial charge in [0.2, 0.25) is 12.6 Å². The normalized spacial score (nSPS) is 22.9. The van der Waals surface area contributed by atoms with Crippen molar-refractivity contribution in [2.75, 3.05) is 20.1 Å². The summed E-state index contributed by atoms with van der Waals surface area (Å²) in [6.45, 7) is 3.78. The quantitative estimate of drug-likeness (QED) is 0.0691. The minimum absolute atomic E-state index is 0.0352. The Balaban J connectivity index is 1.21. The van der Waals surface area contributed by atoms with Crippen molar-refractivity contribution < 1.29 is 58.6 Å². The number of nitrogens with zero attached hydrogens (tertiary/aromatic N) is 2. The van der Waals surface area contributed by atoms with E-state index >= 15 is 0 Å². The predicted molar refractivity (Wildman–Crippen MR) is 199 cm³/mol. The van der Waals surface area contributed by atoms with E-state index < -0.39 is 54.9 Å². The summed E-state index contributed by atoms with van der Waals surface area (Å²) in [5.41, 5.74) is 5.33. The van der Waals surface area contributed by atoms with Gasteiger partial charge in [-0.2, -0.15) is 0 Å². The highest BCUT2D eigenvalue weighted by molar-refractivity contribution is 5.94. The average Bonchev–Trinajstić information content (AvgIpc) is 3.74. The molecule has 0 spiro atoms. The Labute approximate surface area is 319 Å². The van der Waals surface area contributed by atoms with Gasteiger partial charge in [-0.25, -0.2) is 5.06 Å². The number of phenolic OH excluding ortho intramolecular Hbond substituents is 1. The summed E-state index contributed by atoms with van der Waals surface area (Å²) in [6.07, 6.45) is -6.29. The van der Waals surface area contributed by atoms with Crippen molar-refractivity contribution >= 4 is 34.8 Å². The number of aliphatic imine (C=N–C) groups is 1. The van der Waals surface area contributed by atoms with Crippen molar-refractivity contribution in [3.63, 3.8) is 0 Å². The first-order chi connectivity index (χ1) is 26.8. The van der Waals surface area contributed by atoms with Crippen LogP contribution in [0.25, 0.3) is 27.8 Å². The molecule has 0 radical (unpaired) electrons. The number of esters is 1. The molecule has 7 unspecified atom stereocenters. The molecule has 0 saturated carbocycles. The molecule has 16 heteroatoms. The van der Waals surface area contributed by atoms with Crippen molar-refractivity contribution in [2.24, 2.45) is 10.9 Å². The second-order valence-electron chi connectivity index (χ2n) is 13.7. The molecule has 0 amide bonds. The monoisotopic (exact) mass is 769 g/mol. The molecule has 3 aliphatic rings. The van der Waals surface area contributed by atoms with Crippen molar-refractivity contribution in [3.8, 4) is 22.6 Å². The number of carboxylic acids is 1. The van der Waals surface area contributed by atoms with Crippen LogP contribution in [-0.4, -0.2) is 106 Å². The van der Waals surface area contributed by atoms with E-state index in [0.717, 1.165) is 22.3 Å². The number of carbonyl (C=O) groups excluding carboxylic acids is 1. The standard InChI is InChI=1S/C40H39N3O13/c1-19-12-20(2)14-23(13-19)31-30-22(10-11-42-30)17-43(31)56-36-34(47)33(46)35(39(51)55-38(50)27(16-41-3)37(48)49)54-40(36)53-25-8-9-26-29(15-25)52-18-28(32(26)45)21-4-6-24(44)7-5-21/h4-15,18,27,33-36,39-41,44,46-47,51H,16-17H2,1-3H3,(H,48,49). The lowest BCUT2D eigenvalue weighted by molar-refractivity contribution is -0.344. The van der Waals surface area contributed by atoms with Crippen LogP contribution in [0, 0.1) is 19.8 Å². The number of rotatable bonds is 12. The number of benzene rings is 3. The maximum Gasteiger partial charge on any atom is 0.324 e. The molecule has 6 N–H and O–H groups in total. The second-order valence-corrected chi connectivity index (χ2v) is 13.7. The predicted octanol–water partition coefficient (Wildman–Crippen LogP) is 2.39. The molecule has 4 aromatic rings. The summed E-state index contributed by atoms with van der Waals surface area (Å²) in [4.78, 5) is 48.8. The third-order valence-electron chi connectivity index (χ3n) is 9.58. The lowest BCUT2D eigenvalue weighted by Crippen LogP contribution is -2.64. The van der Waals surface area contributed by atoms with Gasteiger partial charge in [0.25, 0.3) is 0 Å². The van der Waals surface area contributed by atoms with Crippen LogP contribution >= 0.6 is 0 Å². The summed E-state index contributed by atoms with van der Waals surface area (Å²) >= 11 is 0. The molecule has 1 saturated heterocycles. The number of hydrogen-bond donors (Lipinski definition) is 6. The number of aromatic hydroxyl groups is 1. The molecule has 292 valence electrons. The van der Waals surface area contributed by atoms with E-state index in [9.17, 15) is 39.9 Å². The Morgan fingerprint density at radius 1 is 1.02 bits per heavy atom. The summed E-state index contributed by atoms with van der Waals surface area (Å²) in [7, 11) is 1.43. The molecular weight excluding hydrogens is 730 g/mol. The van der Waals surface area contributed by atoms with Gasteiger partial charge in [-0.1, -0.05) is 29.3 Å². The van der Waals surface area contributed by atoms with E-state index in [0.29, 0.717) is 17.0 Å². The SMILES string of the molecule is CNCC(C(=O)O)C(=O)OC(O)C1OC(Oc2ccc3c(=O)c(-c4ccc(O)cc4)coc3c2)C(ON2CC3=CC=NC3=C2c2cc(C)cc(C)c2)C(O)C1O. The van der Waals surface area contributed by atoms with Gasteiger partial charge in [-0.05, 0) is 68.9 Å². The van der Waals surface area contributed by atoms with Gasteiger partial charge in [0, 0.05) is 30.0 Å². The van der Waals surface area contributed by atoms with Crippen LogP contribution in [0.2, 0.25) is 0 Å². The number of hydrogen-bond acceptors (Lipinski definition) is 15. The zero-order valence-electron chi connectivity index (χ0n) is 30.4. The van der Waals surface area contributed by atoms with Crippen molar-refractivity contribution in [2.45, 2.75) is 50.8 Å². The van der Waals surface area contributed by atoms with Crippen LogP contribution in [0.3, 0.4) is 0 Å². The highest BCUT2D eigenvalue weighted by Gasteiger charge is 2.52. The van der Waals surface area contributed by atoms with Crippen LogP contribution in [-0.2, 0) is 23.9 Å². The third-order valence-corrected chi connectivity index (χ3v) is 9.58. The number of aliphatic hydroxyl groups excluding tert-OH is 3. The van der Waals surface area contributed by atoms with Gasteiger partial charge in [0.05, 0.1) is 28.9 Å². The van der Waals surface area contributed by atoms with E-state index in [1.54, 1.807) is 18.3 Å². The van der Waals surface area contributed by atoms with Gasteiger partial charge in [-0.15, -0.1) is 0 Å². The zero-order chi connectivity index (χ0) is 39.8. The van der Waals surface area contributed by atoms with E-state index in [1.807, 2.05) is 38.1 Å². The molecule has 0 aliphatic carbocycles. The first-order valence-electron chi connectivity index (χ1n) is 17.6. The number of nitrogens with one attached hydrogen (secondary N) is 1. The smallest absolute Gasteiger partial charge is 0.324 e. The number of hydroxylamine groups is 2. The van der Waals surface area contributed by atoms with Crippen molar-refractivity contribution in [1.29, 1.82) is 0 Å². The minimum Gasteiger partial charge on any atom is -0.508 e. The van der Waals surface area contributed by atoms with E-state index in [4.69, 9.17) is 23.5 Å². The number of phenols is 1. The molecule has 7 rings (SSSR count). The maximum absolute atomic E-state index is 13.4. The fourth-order valence-electron chi connectivity index (χ4n) is 6.89. The summed E-state index contributed by atoms with van der Waals surface area (Å²) in [6, 6.07) is 16.3. The van der Waals surface area contributed by atoms with Gasteiger partial charge >= 0.3 is 11.9 Å². The number of aliphatic carboxylic acids is 1. The number of aliphatic hydroxyl groups is 3. The number of aryl methyl sites for hydroxylation is 2. The van der Waals surface area contributed by atoms with E-state index in [2.05, 4.69) is 10.3 Å².